The van der Waals surface area contributed by atoms with Crippen LogP contribution in [0.25, 0.3) is 0 Å². The molecule has 0 aliphatic carbocycles. The third-order valence-corrected chi connectivity index (χ3v) is 4.93. The Morgan fingerprint density at radius 2 is 1.89 bits per heavy atom. The van der Waals surface area contributed by atoms with E-state index in [1.165, 1.54) is 17.8 Å². The summed E-state index contributed by atoms with van der Waals surface area (Å²) in [4.78, 5) is 12.1. The number of rotatable bonds is 9. The molecule has 1 N–H and O–H groups in total. The van der Waals surface area contributed by atoms with Crippen LogP contribution in [0.3, 0.4) is 0 Å². The van der Waals surface area contributed by atoms with E-state index in [1.54, 1.807) is 18.2 Å². The SMILES string of the molecule is CCn1c(COc2ccccc2F)nnc1SCC(=O)NCc1ccccc1. The summed E-state index contributed by atoms with van der Waals surface area (Å²) >= 11 is 1.31. The van der Waals surface area contributed by atoms with Crippen molar-refractivity contribution in [3.05, 3.63) is 71.8 Å². The van der Waals surface area contributed by atoms with Gasteiger partial charge >= 0.3 is 0 Å². The van der Waals surface area contributed by atoms with Crippen molar-refractivity contribution in [1.82, 2.24) is 20.1 Å². The Hall–Kier alpha value is -2.87. The Morgan fingerprint density at radius 3 is 2.64 bits per heavy atom. The second-order valence-corrected chi connectivity index (χ2v) is 6.86. The maximum Gasteiger partial charge on any atom is 0.230 e. The molecule has 0 aliphatic rings. The van der Waals surface area contributed by atoms with Crippen LogP contribution in [0, 0.1) is 5.82 Å². The molecule has 1 aromatic heterocycles. The molecule has 28 heavy (non-hydrogen) atoms. The number of nitrogens with one attached hydrogen (secondary N) is 1. The summed E-state index contributed by atoms with van der Waals surface area (Å²) < 4.78 is 21.0. The van der Waals surface area contributed by atoms with Gasteiger partial charge in [0.1, 0.15) is 6.61 Å². The van der Waals surface area contributed by atoms with E-state index in [2.05, 4.69) is 15.5 Å². The number of amides is 1. The number of halogens is 1. The number of thioether (sulfide) groups is 1. The van der Waals surface area contributed by atoms with Crippen molar-refractivity contribution >= 4 is 17.7 Å². The molecular weight excluding hydrogens is 379 g/mol. The van der Waals surface area contributed by atoms with E-state index < -0.39 is 5.82 Å². The van der Waals surface area contributed by atoms with Gasteiger partial charge in [-0.05, 0) is 24.6 Å². The van der Waals surface area contributed by atoms with Crippen molar-refractivity contribution in [2.24, 2.45) is 0 Å². The standard InChI is InChI=1S/C20H21FN4O2S/c1-2-25-18(13-27-17-11-7-6-10-16(17)21)23-24-20(25)28-14-19(26)22-12-15-8-4-3-5-9-15/h3-11H,2,12-14H2,1H3,(H,22,26). The van der Waals surface area contributed by atoms with Gasteiger partial charge in [0.15, 0.2) is 22.5 Å². The zero-order valence-corrected chi connectivity index (χ0v) is 16.3. The number of ether oxygens (including phenoxy) is 1. The maximum atomic E-state index is 13.7. The zero-order chi connectivity index (χ0) is 19.8. The molecule has 0 bridgehead atoms. The third kappa shape index (κ3) is 5.32. The Kier molecular flexibility index (Phi) is 7.02. The van der Waals surface area contributed by atoms with E-state index in [0.717, 1.165) is 5.56 Å². The van der Waals surface area contributed by atoms with Crippen LogP contribution >= 0.6 is 11.8 Å². The zero-order valence-electron chi connectivity index (χ0n) is 15.5. The minimum absolute atomic E-state index is 0.0799. The topological polar surface area (TPSA) is 69.0 Å². The van der Waals surface area contributed by atoms with Gasteiger partial charge in [-0.3, -0.25) is 4.79 Å². The van der Waals surface area contributed by atoms with E-state index >= 15 is 0 Å². The molecule has 146 valence electrons. The number of carbonyl (C=O) groups excluding carboxylic acids is 1. The summed E-state index contributed by atoms with van der Waals surface area (Å²) in [6.07, 6.45) is 0. The van der Waals surface area contributed by atoms with E-state index in [1.807, 2.05) is 41.8 Å². The van der Waals surface area contributed by atoms with Crippen molar-refractivity contribution in [3.8, 4) is 5.75 Å². The number of hydrogen-bond acceptors (Lipinski definition) is 5. The molecule has 0 fully saturated rings. The highest BCUT2D eigenvalue weighted by Crippen LogP contribution is 2.20. The summed E-state index contributed by atoms with van der Waals surface area (Å²) in [5.74, 6) is 0.484. The molecule has 1 amide bonds. The third-order valence-electron chi connectivity index (χ3n) is 3.97. The second-order valence-electron chi connectivity index (χ2n) is 5.91. The second kappa shape index (κ2) is 9.89. The summed E-state index contributed by atoms with van der Waals surface area (Å²) in [7, 11) is 0. The molecular formula is C20H21FN4O2S. The van der Waals surface area contributed by atoms with Crippen LogP contribution in [0.2, 0.25) is 0 Å². The van der Waals surface area contributed by atoms with Gasteiger partial charge in [0.25, 0.3) is 0 Å². The fourth-order valence-corrected chi connectivity index (χ4v) is 3.38. The van der Waals surface area contributed by atoms with Gasteiger partial charge in [0.05, 0.1) is 5.75 Å². The first-order valence-corrected chi connectivity index (χ1v) is 9.88. The molecule has 1 heterocycles. The molecule has 6 nitrogen and oxygen atoms in total. The van der Waals surface area contributed by atoms with Crippen LogP contribution < -0.4 is 10.1 Å². The molecule has 2 aromatic carbocycles. The van der Waals surface area contributed by atoms with Gasteiger partial charge in [-0.15, -0.1) is 10.2 Å². The van der Waals surface area contributed by atoms with Crippen molar-refractivity contribution in [1.29, 1.82) is 0 Å². The van der Waals surface area contributed by atoms with Crippen LogP contribution in [0.1, 0.15) is 18.3 Å². The van der Waals surface area contributed by atoms with Crippen molar-refractivity contribution < 1.29 is 13.9 Å². The molecule has 0 radical (unpaired) electrons. The van der Waals surface area contributed by atoms with Gasteiger partial charge in [0, 0.05) is 13.1 Å². The highest BCUT2D eigenvalue weighted by atomic mass is 32.2. The van der Waals surface area contributed by atoms with Crippen LogP contribution in [0.4, 0.5) is 4.39 Å². The van der Waals surface area contributed by atoms with Crippen LogP contribution in [0.15, 0.2) is 59.8 Å². The first kappa shape index (κ1) is 19.9. The predicted molar refractivity (Wildman–Crippen MR) is 105 cm³/mol. The molecule has 3 aromatic rings. The first-order valence-electron chi connectivity index (χ1n) is 8.90. The Morgan fingerprint density at radius 1 is 1.14 bits per heavy atom. The summed E-state index contributed by atoms with van der Waals surface area (Å²) in [6.45, 7) is 3.16. The van der Waals surface area contributed by atoms with Crippen LogP contribution in [-0.2, 0) is 24.5 Å². The van der Waals surface area contributed by atoms with Gasteiger partial charge in [-0.25, -0.2) is 4.39 Å². The smallest absolute Gasteiger partial charge is 0.230 e. The quantitative estimate of drug-likeness (QED) is 0.558. The fourth-order valence-electron chi connectivity index (χ4n) is 2.53. The highest BCUT2D eigenvalue weighted by molar-refractivity contribution is 7.99. The monoisotopic (exact) mass is 400 g/mol. The number of hydrogen-bond donors (Lipinski definition) is 1. The normalized spacial score (nSPS) is 10.6. The highest BCUT2D eigenvalue weighted by Gasteiger charge is 2.14. The lowest BCUT2D eigenvalue weighted by molar-refractivity contribution is -0.118. The number of para-hydroxylation sites is 1. The number of aromatic nitrogens is 3. The van der Waals surface area contributed by atoms with Crippen molar-refractivity contribution in [2.45, 2.75) is 31.8 Å². The molecule has 0 saturated carbocycles. The van der Waals surface area contributed by atoms with E-state index in [9.17, 15) is 9.18 Å². The van der Waals surface area contributed by atoms with E-state index in [0.29, 0.717) is 24.1 Å². The van der Waals surface area contributed by atoms with Gasteiger partial charge in [0.2, 0.25) is 5.91 Å². The molecule has 0 spiro atoms. The summed E-state index contributed by atoms with van der Waals surface area (Å²) in [5.41, 5.74) is 1.05. The molecule has 0 atom stereocenters. The minimum Gasteiger partial charge on any atom is -0.483 e. The lowest BCUT2D eigenvalue weighted by atomic mass is 10.2. The number of carbonyl (C=O) groups is 1. The summed E-state index contributed by atoms with van der Waals surface area (Å²) in [6, 6.07) is 15.9. The molecule has 0 unspecified atom stereocenters. The van der Waals surface area contributed by atoms with Crippen LogP contribution in [-0.4, -0.2) is 26.4 Å². The van der Waals surface area contributed by atoms with E-state index in [-0.39, 0.29) is 24.0 Å². The number of nitrogens with zero attached hydrogens (tertiary/aromatic N) is 3. The fraction of sp³-hybridized carbons (Fsp3) is 0.250. The van der Waals surface area contributed by atoms with Crippen molar-refractivity contribution in [2.75, 3.05) is 5.75 Å². The van der Waals surface area contributed by atoms with Crippen molar-refractivity contribution in [3.63, 3.8) is 0 Å². The lowest BCUT2D eigenvalue weighted by Gasteiger charge is -2.09. The molecule has 0 saturated heterocycles. The average Bonchev–Trinajstić information content (AvgIpc) is 3.12. The summed E-state index contributed by atoms with van der Waals surface area (Å²) in [5, 5.41) is 11.8. The minimum atomic E-state index is -0.422. The van der Waals surface area contributed by atoms with Gasteiger partial charge < -0.3 is 14.6 Å². The Balaban J connectivity index is 1.53. The van der Waals surface area contributed by atoms with Gasteiger partial charge in [-0.2, -0.15) is 0 Å². The molecule has 8 heteroatoms. The van der Waals surface area contributed by atoms with Crippen LogP contribution in [0.5, 0.6) is 5.75 Å². The van der Waals surface area contributed by atoms with E-state index in [4.69, 9.17) is 4.74 Å². The predicted octanol–water partition coefficient (Wildman–Crippen LogP) is 3.42. The largest absolute Gasteiger partial charge is 0.483 e. The first-order chi connectivity index (χ1) is 13.7. The Bertz CT molecular complexity index is 918. The lowest BCUT2D eigenvalue weighted by Crippen LogP contribution is -2.24. The average molecular weight is 400 g/mol. The number of benzene rings is 2. The molecule has 0 aliphatic heterocycles. The molecule has 3 rings (SSSR count). The van der Waals surface area contributed by atoms with Gasteiger partial charge in [-0.1, -0.05) is 54.2 Å². The maximum absolute atomic E-state index is 13.7. The Labute approximate surface area is 167 Å².